The number of hydrogen-bond donors (Lipinski definition) is 2. The maximum Gasteiger partial charge on any atom is 0.290 e. The van der Waals surface area contributed by atoms with E-state index in [0.29, 0.717) is 18.0 Å². The number of amides is 1. The summed E-state index contributed by atoms with van der Waals surface area (Å²) in [5.41, 5.74) is 0.936. The molecule has 1 aromatic carbocycles. The number of hydrogen-bond acceptors (Lipinski definition) is 5. The van der Waals surface area contributed by atoms with Crippen LogP contribution in [0.1, 0.15) is 24.8 Å². The summed E-state index contributed by atoms with van der Waals surface area (Å²) in [6.07, 6.45) is 3.49. The van der Waals surface area contributed by atoms with Gasteiger partial charge in [0.1, 0.15) is 0 Å². The van der Waals surface area contributed by atoms with Crippen LogP contribution in [-0.2, 0) is 16.1 Å². The number of fused-ring (bicyclic) bond motifs is 3. The maximum atomic E-state index is 12.5. The molecular formula is C18H26N2O5. The minimum atomic E-state index is -0.250. The molecule has 1 unspecified atom stereocenters. The van der Waals surface area contributed by atoms with Gasteiger partial charge in [-0.25, -0.2) is 0 Å². The number of piperidine rings is 3. The first-order valence-corrected chi connectivity index (χ1v) is 8.44. The largest absolute Gasteiger partial charge is 0.493 e. The SMILES string of the molecule is COc1cccc(CNC(=O)C2CC3CCN2CC3)c1OC.O=CO. The van der Waals surface area contributed by atoms with E-state index in [9.17, 15) is 4.79 Å². The first-order valence-electron chi connectivity index (χ1n) is 8.44. The topological polar surface area (TPSA) is 88.1 Å². The maximum absolute atomic E-state index is 12.5. The highest BCUT2D eigenvalue weighted by atomic mass is 16.5. The van der Waals surface area contributed by atoms with Gasteiger partial charge in [-0.3, -0.25) is 14.5 Å². The minimum Gasteiger partial charge on any atom is -0.493 e. The molecule has 0 saturated carbocycles. The molecule has 0 aromatic heterocycles. The lowest BCUT2D eigenvalue weighted by atomic mass is 9.83. The number of ether oxygens (including phenoxy) is 2. The van der Waals surface area contributed by atoms with Crippen molar-refractivity contribution in [3.05, 3.63) is 23.8 Å². The van der Waals surface area contributed by atoms with E-state index < -0.39 is 0 Å². The van der Waals surface area contributed by atoms with Gasteiger partial charge in [-0.05, 0) is 44.3 Å². The molecular weight excluding hydrogens is 324 g/mol. The number of carbonyl (C=O) groups excluding carboxylic acids is 1. The van der Waals surface area contributed by atoms with Crippen molar-refractivity contribution in [3.63, 3.8) is 0 Å². The van der Waals surface area contributed by atoms with Crippen LogP contribution >= 0.6 is 0 Å². The molecule has 3 fully saturated rings. The van der Waals surface area contributed by atoms with Crippen LogP contribution < -0.4 is 14.8 Å². The molecule has 1 amide bonds. The lowest BCUT2D eigenvalue weighted by molar-refractivity contribution is -0.130. The molecule has 7 heteroatoms. The van der Waals surface area contributed by atoms with Crippen molar-refractivity contribution in [1.82, 2.24) is 10.2 Å². The minimum absolute atomic E-state index is 0.0455. The van der Waals surface area contributed by atoms with Crippen LogP contribution in [0.2, 0.25) is 0 Å². The zero-order valence-corrected chi connectivity index (χ0v) is 14.7. The van der Waals surface area contributed by atoms with E-state index in [2.05, 4.69) is 10.2 Å². The van der Waals surface area contributed by atoms with Gasteiger partial charge < -0.3 is 19.9 Å². The second-order valence-electron chi connectivity index (χ2n) is 6.21. The molecule has 0 aliphatic carbocycles. The molecule has 3 aliphatic rings. The van der Waals surface area contributed by atoms with Crippen LogP contribution in [0.15, 0.2) is 18.2 Å². The molecule has 1 atom stereocenters. The third-order valence-electron chi connectivity index (χ3n) is 4.89. The van der Waals surface area contributed by atoms with Crippen molar-refractivity contribution >= 4 is 12.4 Å². The molecule has 138 valence electrons. The average molecular weight is 350 g/mol. The number of nitrogens with zero attached hydrogens (tertiary/aromatic N) is 1. The first kappa shape index (κ1) is 19.1. The van der Waals surface area contributed by atoms with Crippen LogP contribution in [0.5, 0.6) is 11.5 Å². The summed E-state index contributed by atoms with van der Waals surface area (Å²) in [6.45, 7) is 2.34. The third-order valence-corrected chi connectivity index (χ3v) is 4.89. The Morgan fingerprint density at radius 2 is 2.00 bits per heavy atom. The third kappa shape index (κ3) is 4.63. The van der Waals surface area contributed by atoms with Gasteiger partial charge in [0, 0.05) is 12.1 Å². The molecule has 0 spiro atoms. The van der Waals surface area contributed by atoms with Crippen molar-refractivity contribution in [3.8, 4) is 11.5 Å². The summed E-state index contributed by atoms with van der Waals surface area (Å²) in [6, 6.07) is 5.77. The average Bonchev–Trinajstić information content (AvgIpc) is 2.67. The van der Waals surface area contributed by atoms with Crippen molar-refractivity contribution in [2.24, 2.45) is 5.92 Å². The molecule has 0 radical (unpaired) electrons. The van der Waals surface area contributed by atoms with Crippen LogP contribution in [0.4, 0.5) is 0 Å². The van der Waals surface area contributed by atoms with E-state index in [4.69, 9.17) is 19.4 Å². The summed E-state index contributed by atoms with van der Waals surface area (Å²) >= 11 is 0. The van der Waals surface area contributed by atoms with E-state index >= 15 is 0 Å². The van der Waals surface area contributed by atoms with Crippen molar-refractivity contribution in [2.75, 3.05) is 27.3 Å². The molecule has 2 N–H and O–H groups in total. The number of benzene rings is 1. The highest BCUT2D eigenvalue weighted by Crippen LogP contribution is 2.33. The fourth-order valence-corrected chi connectivity index (χ4v) is 3.63. The number of methoxy groups -OCH3 is 2. The predicted octanol–water partition coefficient (Wildman–Crippen LogP) is 1.51. The highest BCUT2D eigenvalue weighted by molar-refractivity contribution is 5.82. The van der Waals surface area contributed by atoms with Gasteiger partial charge in [-0.15, -0.1) is 0 Å². The standard InChI is InChI=1S/C17H24N2O3.CH2O2/c1-21-15-5-3-4-13(16(15)22-2)11-18-17(20)14-10-12-6-8-19(14)9-7-12;2-1-3/h3-5,12,14H,6-11H2,1-2H3,(H,18,20);1H,(H,2,3). The second-order valence-corrected chi connectivity index (χ2v) is 6.21. The Kier molecular flexibility index (Phi) is 7.06. The molecule has 25 heavy (non-hydrogen) atoms. The van der Waals surface area contributed by atoms with E-state index in [0.717, 1.165) is 31.0 Å². The van der Waals surface area contributed by atoms with E-state index in [-0.39, 0.29) is 18.4 Å². The Hall–Kier alpha value is -2.28. The van der Waals surface area contributed by atoms with Gasteiger partial charge in [-0.2, -0.15) is 0 Å². The summed E-state index contributed by atoms with van der Waals surface area (Å²) in [5.74, 6) is 2.24. The summed E-state index contributed by atoms with van der Waals surface area (Å²) < 4.78 is 10.7. The van der Waals surface area contributed by atoms with Gasteiger partial charge in [0.05, 0.1) is 20.3 Å². The van der Waals surface area contributed by atoms with Crippen LogP contribution in [0.3, 0.4) is 0 Å². The van der Waals surface area contributed by atoms with Crippen molar-refractivity contribution < 1.29 is 24.2 Å². The van der Waals surface area contributed by atoms with Gasteiger partial charge in [0.25, 0.3) is 6.47 Å². The predicted molar refractivity (Wildman–Crippen MR) is 92.8 cm³/mol. The quantitative estimate of drug-likeness (QED) is 0.783. The molecule has 3 aliphatic heterocycles. The molecule has 4 rings (SSSR count). The molecule has 3 saturated heterocycles. The fourth-order valence-electron chi connectivity index (χ4n) is 3.63. The number of para-hydroxylation sites is 1. The zero-order valence-electron chi connectivity index (χ0n) is 14.7. The van der Waals surface area contributed by atoms with Crippen molar-refractivity contribution in [1.29, 1.82) is 0 Å². The Bertz CT molecular complexity index is 585. The number of rotatable bonds is 5. The van der Waals surface area contributed by atoms with Gasteiger partial charge in [0.2, 0.25) is 5.91 Å². The summed E-state index contributed by atoms with van der Waals surface area (Å²) in [7, 11) is 3.24. The summed E-state index contributed by atoms with van der Waals surface area (Å²) in [4.78, 5) is 23.2. The molecule has 2 bridgehead atoms. The highest BCUT2D eigenvalue weighted by Gasteiger charge is 2.37. The van der Waals surface area contributed by atoms with Crippen LogP contribution in [0, 0.1) is 5.92 Å². The number of carboxylic acid groups (broad SMARTS) is 1. The Morgan fingerprint density at radius 3 is 2.52 bits per heavy atom. The van der Waals surface area contributed by atoms with E-state index in [1.54, 1.807) is 14.2 Å². The van der Waals surface area contributed by atoms with E-state index in [1.807, 2.05) is 18.2 Å². The van der Waals surface area contributed by atoms with Gasteiger partial charge in [-0.1, -0.05) is 12.1 Å². The Morgan fingerprint density at radius 1 is 1.32 bits per heavy atom. The first-order chi connectivity index (χ1) is 12.1. The van der Waals surface area contributed by atoms with Crippen LogP contribution in [0.25, 0.3) is 0 Å². The Labute approximate surface area is 147 Å². The van der Waals surface area contributed by atoms with Gasteiger partial charge >= 0.3 is 0 Å². The zero-order chi connectivity index (χ0) is 18.2. The number of nitrogens with one attached hydrogen (secondary N) is 1. The van der Waals surface area contributed by atoms with E-state index in [1.165, 1.54) is 12.8 Å². The van der Waals surface area contributed by atoms with Crippen LogP contribution in [-0.4, -0.2) is 55.7 Å². The fraction of sp³-hybridized carbons (Fsp3) is 0.556. The van der Waals surface area contributed by atoms with Gasteiger partial charge in [0.15, 0.2) is 11.5 Å². The van der Waals surface area contributed by atoms with Crippen molar-refractivity contribution in [2.45, 2.75) is 31.8 Å². The lowest BCUT2D eigenvalue weighted by Crippen LogP contribution is -2.55. The molecule has 7 nitrogen and oxygen atoms in total. The number of carbonyl (C=O) groups is 2. The molecule has 3 heterocycles. The smallest absolute Gasteiger partial charge is 0.290 e. The second kappa shape index (κ2) is 9.27. The monoisotopic (exact) mass is 350 g/mol. The lowest BCUT2D eigenvalue weighted by Gasteiger charge is -2.44. The summed E-state index contributed by atoms with van der Waals surface area (Å²) in [5, 5.41) is 9.95. The Balaban J connectivity index is 0.000000701. The molecule has 1 aromatic rings. The normalized spacial score (nSPS) is 23.8.